The van der Waals surface area contributed by atoms with Crippen molar-refractivity contribution in [3.63, 3.8) is 0 Å². The minimum Gasteiger partial charge on any atom is -0.318 e. The molecule has 0 radical (unpaired) electrons. The van der Waals surface area contributed by atoms with Gasteiger partial charge >= 0.3 is 0 Å². The first-order chi connectivity index (χ1) is 24.8. The number of nitrogens with one attached hydrogen (secondary N) is 1. The van der Waals surface area contributed by atoms with Crippen LogP contribution in [0, 0.1) is 0 Å². The molecule has 4 atom stereocenters. The number of hydrogen-bond donors (Lipinski definition) is 1. The van der Waals surface area contributed by atoms with E-state index in [1.165, 1.54) is 55.1 Å². The lowest BCUT2D eigenvalue weighted by Crippen LogP contribution is -2.38. The van der Waals surface area contributed by atoms with Crippen molar-refractivity contribution in [1.29, 1.82) is 0 Å². The van der Waals surface area contributed by atoms with E-state index in [4.69, 9.17) is 4.98 Å². The Hall–Kier alpha value is -4.90. The summed E-state index contributed by atoms with van der Waals surface area (Å²) in [4.78, 5) is 9.77. The number of nitrogens with zero attached hydrogens (tertiary/aromatic N) is 2. The van der Waals surface area contributed by atoms with Crippen molar-refractivity contribution >= 4 is 23.3 Å². The minimum absolute atomic E-state index is 0.144. The molecule has 4 aliphatic rings. The van der Waals surface area contributed by atoms with Crippen molar-refractivity contribution in [1.82, 2.24) is 10.3 Å². The Morgan fingerprint density at radius 1 is 0.640 bits per heavy atom. The number of thioether (sulfide) groups is 1. The first-order valence-corrected chi connectivity index (χ1v) is 19.0. The third-order valence-corrected chi connectivity index (χ3v) is 12.7. The van der Waals surface area contributed by atoms with Crippen molar-refractivity contribution in [2.45, 2.75) is 47.3 Å². The van der Waals surface area contributed by atoms with Gasteiger partial charge in [0.25, 0.3) is 0 Å². The molecule has 0 amide bonds. The molecule has 5 aromatic carbocycles. The average Bonchev–Trinajstić information content (AvgIpc) is 3.53. The van der Waals surface area contributed by atoms with Crippen LogP contribution in [0.25, 0.3) is 44.6 Å². The molecule has 1 saturated heterocycles. The summed E-state index contributed by atoms with van der Waals surface area (Å²) < 4.78 is 0. The average molecular weight is 666 g/mol. The molecule has 3 nitrogen and oxygen atoms in total. The fraction of sp³-hybridized carbons (Fsp3) is 0.196. The van der Waals surface area contributed by atoms with E-state index in [0.717, 1.165) is 49.4 Å². The van der Waals surface area contributed by atoms with Gasteiger partial charge in [-0.1, -0.05) is 127 Å². The molecule has 0 bridgehead atoms. The highest BCUT2D eigenvalue weighted by atomic mass is 32.2. The van der Waals surface area contributed by atoms with Gasteiger partial charge in [0.1, 0.15) is 5.82 Å². The van der Waals surface area contributed by atoms with E-state index in [1.54, 1.807) is 0 Å². The molecule has 3 aliphatic heterocycles. The lowest BCUT2D eigenvalue weighted by Gasteiger charge is -2.39. The maximum Gasteiger partial charge on any atom is 0.134 e. The van der Waals surface area contributed by atoms with Gasteiger partial charge in [0.05, 0.1) is 17.4 Å². The van der Waals surface area contributed by atoms with Crippen molar-refractivity contribution in [3.8, 4) is 44.6 Å². The molecule has 4 unspecified atom stereocenters. The molecule has 6 aromatic rings. The number of allylic oxidation sites excluding steroid dienone is 1. The lowest BCUT2D eigenvalue weighted by atomic mass is 9.81. The van der Waals surface area contributed by atoms with Crippen LogP contribution in [0.3, 0.4) is 0 Å². The lowest BCUT2D eigenvalue weighted by molar-refractivity contribution is 0.476. The number of benzene rings is 5. The van der Waals surface area contributed by atoms with Gasteiger partial charge in [-0.15, -0.1) is 11.8 Å². The van der Waals surface area contributed by atoms with E-state index in [-0.39, 0.29) is 6.04 Å². The Morgan fingerprint density at radius 2 is 1.36 bits per heavy atom. The first kappa shape index (κ1) is 30.0. The zero-order valence-electron chi connectivity index (χ0n) is 28.0. The quantitative estimate of drug-likeness (QED) is 0.190. The van der Waals surface area contributed by atoms with E-state index in [9.17, 15) is 0 Å². The number of hydrogen-bond acceptors (Lipinski definition) is 4. The van der Waals surface area contributed by atoms with Gasteiger partial charge in [-0.05, 0) is 83.0 Å². The SMILES string of the molecule is C1=CC2C(CC1)c1ccccc1-c1cc(-c3ccccc3)c3c(c1N2c1cc(-c2ccccc2)cc(-c2ccccc2)n1)C1CCNCC1S3. The number of rotatable bonds is 4. The van der Waals surface area contributed by atoms with Crippen molar-refractivity contribution in [3.05, 3.63) is 157 Å². The number of fused-ring (bicyclic) bond motifs is 9. The Labute approximate surface area is 299 Å². The maximum absolute atomic E-state index is 5.63. The van der Waals surface area contributed by atoms with Crippen LogP contribution in [-0.4, -0.2) is 29.4 Å². The van der Waals surface area contributed by atoms with Crippen molar-refractivity contribution in [2.24, 2.45) is 0 Å². The predicted octanol–water partition coefficient (Wildman–Crippen LogP) is 11.3. The molecular formula is C46H39N3S. The number of pyridine rings is 1. The summed E-state index contributed by atoms with van der Waals surface area (Å²) in [5.41, 5.74) is 14.3. The monoisotopic (exact) mass is 665 g/mol. The molecule has 10 rings (SSSR count). The second kappa shape index (κ2) is 12.5. The fourth-order valence-corrected chi connectivity index (χ4v) is 10.6. The van der Waals surface area contributed by atoms with Crippen LogP contribution in [0.2, 0.25) is 0 Å². The largest absolute Gasteiger partial charge is 0.318 e. The Morgan fingerprint density at radius 3 is 2.16 bits per heavy atom. The summed E-state index contributed by atoms with van der Waals surface area (Å²) in [6, 6.07) is 49.2. The summed E-state index contributed by atoms with van der Waals surface area (Å²) in [6.07, 6.45) is 8.26. The first-order valence-electron chi connectivity index (χ1n) is 18.1. The molecule has 4 heteroatoms. The fourth-order valence-electron chi connectivity index (χ4n) is 8.98. The van der Waals surface area contributed by atoms with E-state index in [1.807, 2.05) is 0 Å². The summed E-state index contributed by atoms with van der Waals surface area (Å²) in [6.45, 7) is 2.09. The molecule has 0 spiro atoms. The van der Waals surface area contributed by atoms with Gasteiger partial charge in [-0.2, -0.15) is 0 Å². The zero-order chi connectivity index (χ0) is 33.0. The number of aromatic nitrogens is 1. The third-order valence-electron chi connectivity index (χ3n) is 11.3. The van der Waals surface area contributed by atoms with Gasteiger partial charge in [-0.3, -0.25) is 0 Å². The summed E-state index contributed by atoms with van der Waals surface area (Å²) in [5.74, 6) is 1.84. The van der Waals surface area contributed by atoms with Crippen molar-refractivity contribution < 1.29 is 0 Å². The van der Waals surface area contributed by atoms with Crippen LogP contribution in [0.5, 0.6) is 0 Å². The van der Waals surface area contributed by atoms with Gasteiger partial charge in [0.2, 0.25) is 0 Å². The second-order valence-corrected chi connectivity index (χ2v) is 15.3. The standard InChI is InChI=1S/C46H39N3S/c1-4-14-30(15-5-1)33-26-40(32-18-8-3-9-19-32)48-43(27-33)49-41-23-13-12-22-36(41)34-20-10-11-21-35(34)39-28-38(31-16-6-2-7-17-31)46-44(45(39)49)37-24-25-47-29-42(37)50-46/h1-11,13-21,23,26-28,36-37,41-42,47H,12,22,24-25,29H2. The third kappa shape index (κ3) is 4.96. The Balaban J connectivity index is 1.31. The minimum atomic E-state index is 0.144. The van der Waals surface area contributed by atoms with Gasteiger partial charge < -0.3 is 10.2 Å². The molecule has 4 heterocycles. The Kier molecular flexibility index (Phi) is 7.47. The van der Waals surface area contributed by atoms with E-state index < -0.39 is 0 Å². The Bertz CT molecular complexity index is 2170. The topological polar surface area (TPSA) is 28.2 Å². The molecule has 1 aromatic heterocycles. The van der Waals surface area contributed by atoms with E-state index in [0.29, 0.717) is 17.1 Å². The molecular weight excluding hydrogens is 627 g/mol. The van der Waals surface area contributed by atoms with Crippen LogP contribution >= 0.6 is 11.8 Å². The number of piperidine rings is 1. The van der Waals surface area contributed by atoms with Gasteiger partial charge in [0.15, 0.2) is 0 Å². The van der Waals surface area contributed by atoms with Gasteiger partial charge in [-0.25, -0.2) is 4.98 Å². The highest BCUT2D eigenvalue weighted by Gasteiger charge is 2.45. The molecule has 50 heavy (non-hydrogen) atoms. The molecule has 1 fully saturated rings. The van der Waals surface area contributed by atoms with Crippen LogP contribution in [0.15, 0.2) is 151 Å². The summed E-state index contributed by atoms with van der Waals surface area (Å²) >= 11 is 2.10. The normalized spacial score (nSPS) is 21.7. The van der Waals surface area contributed by atoms with Crippen LogP contribution in [-0.2, 0) is 0 Å². The highest BCUT2D eigenvalue weighted by Crippen LogP contribution is 2.61. The predicted molar refractivity (Wildman–Crippen MR) is 209 cm³/mol. The summed E-state index contributed by atoms with van der Waals surface area (Å²) in [5, 5.41) is 4.25. The zero-order valence-corrected chi connectivity index (χ0v) is 28.8. The van der Waals surface area contributed by atoms with Crippen molar-refractivity contribution in [2.75, 3.05) is 18.0 Å². The summed E-state index contributed by atoms with van der Waals surface area (Å²) in [7, 11) is 0. The molecule has 0 saturated carbocycles. The van der Waals surface area contributed by atoms with Crippen LogP contribution < -0.4 is 10.2 Å². The van der Waals surface area contributed by atoms with E-state index in [2.05, 4.69) is 168 Å². The van der Waals surface area contributed by atoms with Gasteiger partial charge in [0, 0.05) is 39.7 Å². The van der Waals surface area contributed by atoms with E-state index >= 15 is 0 Å². The maximum atomic E-state index is 5.63. The second-order valence-electron chi connectivity index (χ2n) is 14.1. The number of anilines is 2. The molecule has 244 valence electrons. The van der Waals surface area contributed by atoms with Crippen LogP contribution in [0.4, 0.5) is 11.5 Å². The molecule has 1 aliphatic carbocycles. The van der Waals surface area contributed by atoms with Crippen LogP contribution in [0.1, 0.15) is 42.2 Å². The smallest absolute Gasteiger partial charge is 0.134 e. The highest BCUT2D eigenvalue weighted by molar-refractivity contribution is 8.00. The molecule has 1 N–H and O–H groups in total.